The molecule has 4 nitrogen and oxygen atoms in total. The quantitative estimate of drug-likeness (QED) is 0.590. The molecule has 4 aromatic rings. The fraction of sp³-hybridized carbons (Fsp3) is 0.0909. The summed E-state index contributed by atoms with van der Waals surface area (Å²) in [6.45, 7) is 0.518. The Balaban J connectivity index is 2.02. The molecule has 0 fully saturated rings. The van der Waals surface area contributed by atoms with Crippen molar-refractivity contribution in [3.63, 3.8) is 0 Å². The number of imidazole rings is 1. The van der Waals surface area contributed by atoms with E-state index in [4.69, 9.17) is 4.98 Å². The van der Waals surface area contributed by atoms with Crippen molar-refractivity contribution in [3.8, 4) is 33.9 Å². The molecule has 2 heterocycles. The Bertz CT molecular complexity index is 980. The first kappa shape index (κ1) is 16.2. The van der Waals surface area contributed by atoms with Crippen LogP contribution >= 0.6 is 0 Å². The summed E-state index contributed by atoms with van der Waals surface area (Å²) in [5.74, 6) is 0.852. The summed E-state index contributed by atoms with van der Waals surface area (Å²) in [6.07, 6.45) is 3.56. The standard InChI is InChI=1S/C22H19N3O/c26-16-15-25-21(18-11-13-23-14-12-18)20(17-7-3-1-4-8-17)24-22(25)19-9-5-2-6-10-19/h1-14,26H,15-16H2. The van der Waals surface area contributed by atoms with Crippen molar-refractivity contribution < 1.29 is 5.11 Å². The van der Waals surface area contributed by atoms with Crippen molar-refractivity contribution in [1.82, 2.24) is 14.5 Å². The van der Waals surface area contributed by atoms with Crippen molar-refractivity contribution in [2.24, 2.45) is 0 Å². The number of hydrogen-bond acceptors (Lipinski definition) is 3. The largest absolute Gasteiger partial charge is 0.395 e. The molecule has 2 aromatic heterocycles. The first-order valence-corrected chi connectivity index (χ1v) is 8.61. The van der Waals surface area contributed by atoms with Crippen molar-refractivity contribution in [1.29, 1.82) is 0 Å². The minimum absolute atomic E-state index is 0.0442. The van der Waals surface area contributed by atoms with Crippen LogP contribution in [-0.2, 0) is 6.54 Å². The normalized spacial score (nSPS) is 10.8. The van der Waals surface area contributed by atoms with Crippen LogP contribution in [0.3, 0.4) is 0 Å². The van der Waals surface area contributed by atoms with E-state index in [2.05, 4.69) is 21.7 Å². The zero-order valence-electron chi connectivity index (χ0n) is 14.3. The van der Waals surface area contributed by atoms with Gasteiger partial charge in [-0.2, -0.15) is 0 Å². The highest BCUT2D eigenvalue weighted by atomic mass is 16.3. The molecule has 0 aliphatic rings. The summed E-state index contributed by atoms with van der Waals surface area (Å²) in [6, 6.07) is 24.2. The zero-order chi connectivity index (χ0) is 17.8. The van der Waals surface area contributed by atoms with Crippen LogP contribution in [0.25, 0.3) is 33.9 Å². The Morgan fingerprint density at radius 2 is 1.35 bits per heavy atom. The van der Waals surface area contributed by atoms with Gasteiger partial charge in [0.1, 0.15) is 5.82 Å². The fourth-order valence-corrected chi connectivity index (χ4v) is 3.18. The maximum Gasteiger partial charge on any atom is 0.141 e. The Hall–Kier alpha value is -3.24. The smallest absolute Gasteiger partial charge is 0.141 e. The molecule has 4 rings (SSSR count). The van der Waals surface area contributed by atoms with Crippen molar-refractivity contribution >= 4 is 0 Å². The number of aliphatic hydroxyl groups excluding tert-OH is 1. The first-order chi connectivity index (χ1) is 12.9. The van der Waals surface area contributed by atoms with E-state index in [1.165, 1.54) is 0 Å². The Morgan fingerprint density at radius 3 is 1.96 bits per heavy atom. The van der Waals surface area contributed by atoms with Crippen LogP contribution in [-0.4, -0.2) is 26.2 Å². The average molecular weight is 341 g/mol. The second-order valence-electron chi connectivity index (χ2n) is 5.98. The fourth-order valence-electron chi connectivity index (χ4n) is 3.18. The van der Waals surface area contributed by atoms with Gasteiger partial charge in [-0.05, 0) is 12.1 Å². The molecule has 0 amide bonds. The summed E-state index contributed by atoms with van der Waals surface area (Å²) in [4.78, 5) is 9.11. The first-order valence-electron chi connectivity index (χ1n) is 8.61. The van der Waals surface area contributed by atoms with E-state index in [0.29, 0.717) is 6.54 Å². The van der Waals surface area contributed by atoms with E-state index in [9.17, 15) is 5.11 Å². The lowest BCUT2D eigenvalue weighted by atomic mass is 10.1. The second-order valence-corrected chi connectivity index (χ2v) is 5.98. The van der Waals surface area contributed by atoms with Gasteiger partial charge in [-0.15, -0.1) is 0 Å². The minimum Gasteiger partial charge on any atom is -0.395 e. The van der Waals surface area contributed by atoms with Crippen LogP contribution in [0.2, 0.25) is 0 Å². The molecule has 1 N–H and O–H groups in total. The summed E-state index contributed by atoms with van der Waals surface area (Å²) in [5, 5.41) is 9.68. The Labute approximate surface area is 152 Å². The lowest BCUT2D eigenvalue weighted by Crippen LogP contribution is -2.06. The van der Waals surface area contributed by atoms with Crippen LogP contribution < -0.4 is 0 Å². The van der Waals surface area contributed by atoms with Gasteiger partial charge in [0.05, 0.1) is 18.0 Å². The number of hydrogen-bond donors (Lipinski definition) is 1. The highest BCUT2D eigenvalue weighted by molar-refractivity contribution is 5.82. The van der Waals surface area contributed by atoms with Crippen molar-refractivity contribution in [3.05, 3.63) is 85.2 Å². The molecular formula is C22H19N3O. The van der Waals surface area contributed by atoms with E-state index in [1.54, 1.807) is 12.4 Å². The third kappa shape index (κ3) is 3.03. The third-order valence-electron chi connectivity index (χ3n) is 4.32. The number of nitrogens with zero attached hydrogens (tertiary/aromatic N) is 3. The summed E-state index contributed by atoms with van der Waals surface area (Å²) < 4.78 is 2.09. The number of rotatable bonds is 5. The summed E-state index contributed by atoms with van der Waals surface area (Å²) in [5.41, 5.74) is 5.00. The molecular weight excluding hydrogens is 322 g/mol. The van der Waals surface area contributed by atoms with E-state index < -0.39 is 0 Å². The minimum atomic E-state index is 0.0442. The SMILES string of the molecule is OCCn1c(-c2ccccc2)nc(-c2ccccc2)c1-c1ccncc1. The van der Waals surface area contributed by atoms with Crippen LogP contribution in [0.15, 0.2) is 85.2 Å². The predicted octanol–water partition coefficient (Wildman–Crippen LogP) is 4.27. The molecule has 26 heavy (non-hydrogen) atoms. The highest BCUT2D eigenvalue weighted by Crippen LogP contribution is 2.35. The van der Waals surface area contributed by atoms with Gasteiger partial charge in [0.25, 0.3) is 0 Å². The zero-order valence-corrected chi connectivity index (χ0v) is 14.3. The van der Waals surface area contributed by atoms with E-state index in [0.717, 1.165) is 33.9 Å². The Kier molecular flexibility index (Phi) is 4.58. The van der Waals surface area contributed by atoms with Gasteiger partial charge >= 0.3 is 0 Å². The number of aliphatic hydroxyl groups is 1. The highest BCUT2D eigenvalue weighted by Gasteiger charge is 2.20. The maximum absolute atomic E-state index is 9.68. The lowest BCUT2D eigenvalue weighted by Gasteiger charge is -2.12. The van der Waals surface area contributed by atoms with Gasteiger partial charge in [0.2, 0.25) is 0 Å². The second kappa shape index (κ2) is 7.33. The molecule has 0 aliphatic heterocycles. The number of aromatic nitrogens is 3. The lowest BCUT2D eigenvalue weighted by molar-refractivity contribution is 0.277. The molecule has 0 radical (unpaired) electrons. The Morgan fingerprint density at radius 1 is 0.731 bits per heavy atom. The summed E-state index contributed by atoms with van der Waals surface area (Å²) in [7, 11) is 0. The topological polar surface area (TPSA) is 50.9 Å². The van der Waals surface area contributed by atoms with Crippen LogP contribution in [0, 0.1) is 0 Å². The van der Waals surface area contributed by atoms with Gasteiger partial charge < -0.3 is 9.67 Å². The monoisotopic (exact) mass is 341 g/mol. The van der Waals surface area contributed by atoms with Gasteiger partial charge in [-0.3, -0.25) is 4.98 Å². The molecule has 2 aromatic carbocycles. The molecule has 0 bridgehead atoms. The summed E-state index contributed by atoms with van der Waals surface area (Å²) >= 11 is 0. The molecule has 0 spiro atoms. The average Bonchev–Trinajstić information content (AvgIpc) is 3.10. The van der Waals surface area contributed by atoms with Gasteiger partial charge in [0, 0.05) is 35.6 Å². The van der Waals surface area contributed by atoms with E-state index >= 15 is 0 Å². The van der Waals surface area contributed by atoms with Gasteiger partial charge in [-0.1, -0.05) is 60.7 Å². The van der Waals surface area contributed by atoms with Gasteiger partial charge in [0.15, 0.2) is 0 Å². The maximum atomic E-state index is 9.68. The third-order valence-corrected chi connectivity index (χ3v) is 4.32. The van der Waals surface area contributed by atoms with Gasteiger partial charge in [-0.25, -0.2) is 4.98 Å². The molecule has 4 heteroatoms. The molecule has 0 saturated heterocycles. The van der Waals surface area contributed by atoms with E-state index in [-0.39, 0.29) is 6.61 Å². The predicted molar refractivity (Wildman–Crippen MR) is 103 cm³/mol. The van der Waals surface area contributed by atoms with Crippen LogP contribution in [0.5, 0.6) is 0 Å². The molecule has 0 saturated carbocycles. The van der Waals surface area contributed by atoms with Crippen molar-refractivity contribution in [2.45, 2.75) is 6.54 Å². The molecule has 0 unspecified atom stereocenters. The van der Waals surface area contributed by atoms with Crippen LogP contribution in [0.4, 0.5) is 0 Å². The number of pyridine rings is 1. The molecule has 128 valence electrons. The molecule has 0 atom stereocenters. The number of benzene rings is 2. The van der Waals surface area contributed by atoms with E-state index in [1.807, 2.05) is 60.7 Å². The van der Waals surface area contributed by atoms with Crippen molar-refractivity contribution in [2.75, 3.05) is 6.61 Å². The van der Waals surface area contributed by atoms with Crippen LogP contribution in [0.1, 0.15) is 0 Å². The molecule has 0 aliphatic carbocycles.